The van der Waals surface area contributed by atoms with Crippen LogP contribution in [0.15, 0.2) is 12.1 Å². The van der Waals surface area contributed by atoms with E-state index >= 15 is 0 Å². The monoisotopic (exact) mass is 253 g/mol. The maximum absolute atomic E-state index is 12.4. The minimum atomic E-state index is -0.309. The molecule has 1 aromatic rings. The third kappa shape index (κ3) is 3.17. The molecule has 1 heterocycles. The van der Waals surface area contributed by atoms with E-state index in [0.717, 1.165) is 19.3 Å². The minimum Gasteiger partial charge on any atom is -0.329 e. The molecule has 3 heteroatoms. The number of thiophene rings is 1. The average molecular weight is 253 g/mol. The molecule has 2 nitrogen and oxygen atoms in total. The van der Waals surface area contributed by atoms with Gasteiger partial charge in [-0.3, -0.25) is 4.79 Å². The van der Waals surface area contributed by atoms with E-state index < -0.39 is 0 Å². The molecule has 0 radical (unpaired) electrons. The van der Waals surface area contributed by atoms with Crippen molar-refractivity contribution in [2.45, 2.75) is 46.5 Å². The second kappa shape index (κ2) is 6.31. The molecule has 0 amide bonds. The highest BCUT2D eigenvalue weighted by Gasteiger charge is 2.32. The lowest BCUT2D eigenvalue weighted by molar-refractivity contribution is -0.128. The smallest absolute Gasteiger partial charge is 0.145 e. The van der Waals surface area contributed by atoms with Gasteiger partial charge < -0.3 is 5.73 Å². The summed E-state index contributed by atoms with van der Waals surface area (Å²) in [7, 11) is 0. The number of carbonyl (C=O) groups is 1. The Labute approximate surface area is 108 Å². The van der Waals surface area contributed by atoms with Crippen LogP contribution in [0.5, 0.6) is 0 Å². The van der Waals surface area contributed by atoms with E-state index in [1.165, 1.54) is 9.75 Å². The summed E-state index contributed by atoms with van der Waals surface area (Å²) >= 11 is 1.75. The maximum atomic E-state index is 12.4. The first kappa shape index (κ1) is 14.4. The molecule has 2 N–H and O–H groups in total. The molecule has 17 heavy (non-hydrogen) atoms. The molecule has 0 saturated heterocycles. The topological polar surface area (TPSA) is 43.1 Å². The number of ketones is 1. The van der Waals surface area contributed by atoms with Gasteiger partial charge in [0.2, 0.25) is 0 Å². The first-order valence-corrected chi connectivity index (χ1v) is 7.24. The van der Waals surface area contributed by atoms with Gasteiger partial charge in [-0.25, -0.2) is 0 Å². The quantitative estimate of drug-likeness (QED) is 0.811. The molecule has 1 aromatic heterocycles. The van der Waals surface area contributed by atoms with Gasteiger partial charge in [0, 0.05) is 28.1 Å². The zero-order valence-corrected chi connectivity index (χ0v) is 11.9. The molecule has 0 aliphatic heterocycles. The van der Waals surface area contributed by atoms with Gasteiger partial charge in [-0.2, -0.15) is 0 Å². The molecular weight excluding hydrogens is 230 g/mol. The summed E-state index contributed by atoms with van der Waals surface area (Å²) in [5.74, 6) is 0.300. The molecule has 0 aliphatic rings. The average Bonchev–Trinajstić information content (AvgIpc) is 2.80. The number of aryl methyl sites for hydroxylation is 1. The lowest BCUT2D eigenvalue weighted by Crippen LogP contribution is -2.38. The summed E-state index contributed by atoms with van der Waals surface area (Å²) in [6, 6.07) is 4.20. The van der Waals surface area contributed by atoms with E-state index in [9.17, 15) is 4.79 Å². The number of hydrogen-bond donors (Lipinski definition) is 1. The van der Waals surface area contributed by atoms with Gasteiger partial charge in [0.15, 0.2) is 0 Å². The van der Waals surface area contributed by atoms with Crippen LogP contribution in [0, 0.1) is 5.41 Å². The van der Waals surface area contributed by atoms with Crippen LogP contribution in [0.3, 0.4) is 0 Å². The molecule has 0 spiro atoms. The first-order chi connectivity index (χ1) is 8.11. The molecule has 0 aromatic carbocycles. The molecule has 1 rings (SSSR count). The Bertz CT molecular complexity index is 358. The Morgan fingerprint density at radius 1 is 1.24 bits per heavy atom. The third-order valence-corrected chi connectivity index (χ3v) is 4.97. The molecular formula is C14H23NOS. The van der Waals surface area contributed by atoms with Gasteiger partial charge in [-0.05, 0) is 31.4 Å². The lowest BCUT2D eigenvalue weighted by atomic mass is 9.77. The first-order valence-electron chi connectivity index (χ1n) is 6.42. The van der Waals surface area contributed by atoms with Crippen LogP contribution in [-0.4, -0.2) is 12.3 Å². The van der Waals surface area contributed by atoms with Gasteiger partial charge in [-0.1, -0.05) is 20.8 Å². The van der Waals surface area contributed by atoms with Crippen LogP contribution in [-0.2, 0) is 17.6 Å². The predicted molar refractivity (Wildman–Crippen MR) is 74.5 cm³/mol. The van der Waals surface area contributed by atoms with Gasteiger partial charge >= 0.3 is 0 Å². The van der Waals surface area contributed by atoms with Crippen molar-refractivity contribution in [3.05, 3.63) is 21.9 Å². The molecule has 0 saturated carbocycles. The summed E-state index contributed by atoms with van der Waals surface area (Å²) in [5.41, 5.74) is 5.49. The van der Waals surface area contributed by atoms with Crippen LogP contribution >= 0.6 is 11.3 Å². The summed E-state index contributed by atoms with van der Waals surface area (Å²) in [6.07, 6.45) is 3.27. The molecule has 0 unspecified atom stereocenters. The standard InChI is InChI=1S/C14H23NOS/c1-4-11-7-8-12(17-11)9-13(16)14(5-2,6-3)10-15/h7-8H,4-6,9-10,15H2,1-3H3. The fraction of sp³-hybridized carbons (Fsp3) is 0.643. The van der Waals surface area contributed by atoms with Crippen molar-refractivity contribution in [1.29, 1.82) is 0 Å². The van der Waals surface area contributed by atoms with Crippen molar-refractivity contribution < 1.29 is 4.79 Å². The maximum Gasteiger partial charge on any atom is 0.145 e. The summed E-state index contributed by atoms with van der Waals surface area (Å²) in [4.78, 5) is 14.9. The third-order valence-electron chi connectivity index (χ3n) is 3.74. The fourth-order valence-corrected chi connectivity index (χ4v) is 3.06. The highest BCUT2D eigenvalue weighted by atomic mass is 32.1. The van der Waals surface area contributed by atoms with Crippen molar-refractivity contribution in [2.75, 3.05) is 6.54 Å². The normalized spacial score (nSPS) is 11.8. The highest BCUT2D eigenvalue weighted by molar-refractivity contribution is 7.12. The fourth-order valence-electron chi connectivity index (χ4n) is 2.10. The predicted octanol–water partition coefficient (Wildman–Crippen LogP) is 3.19. The summed E-state index contributed by atoms with van der Waals surface area (Å²) < 4.78 is 0. The number of Topliss-reactive ketones (excluding diaryl/α,β-unsaturated/α-hetero) is 1. The largest absolute Gasteiger partial charge is 0.329 e. The summed E-state index contributed by atoms with van der Waals surface area (Å²) in [5, 5.41) is 0. The van der Waals surface area contributed by atoms with Crippen LogP contribution in [0.25, 0.3) is 0 Å². The molecule has 0 atom stereocenters. The van der Waals surface area contributed by atoms with Crippen LogP contribution in [0.1, 0.15) is 43.4 Å². The second-order valence-electron chi connectivity index (χ2n) is 4.51. The Kier molecular flexibility index (Phi) is 5.34. The number of rotatable bonds is 7. The summed E-state index contributed by atoms with van der Waals surface area (Å²) in [6.45, 7) is 6.71. The van der Waals surface area contributed by atoms with Crippen LogP contribution in [0.4, 0.5) is 0 Å². The van der Waals surface area contributed by atoms with Crippen LogP contribution < -0.4 is 5.73 Å². The number of carbonyl (C=O) groups excluding carboxylic acids is 1. The lowest BCUT2D eigenvalue weighted by Gasteiger charge is -2.28. The molecule has 0 fully saturated rings. The Morgan fingerprint density at radius 3 is 2.24 bits per heavy atom. The zero-order chi connectivity index (χ0) is 12.9. The number of nitrogens with two attached hydrogens (primary N) is 1. The Hall–Kier alpha value is -0.670. The Balaban J connectivity index is 2.76. The van der Waals surface area contributed by atoms with E-state index in [1.54, 1.807) is 11.3 Å². The van der Waals surface area contributed by atoms with E-state index in [0.29, 0.717) is 18.7 Å². The van der Waals surface area contributed by atoms with E-state index in [-0.39, 0.29) is 5.41 Å². The second-order valence-corrected chi connectivity index (χ2v) is 5.77. The van der Waals surface area contributed by atoms with Crippen LogP contribution in [0.2, 0.25) is 0 Å². The Morgan fingerprint density at radius 2 is 1.82 bits per heavy atom. The number of hydrogen-bond acceptors (Lipinski definition) is 3. The van der Waals surface area contributed by atoms with Gasteiger partial charge in [0.25, 0.3) is 0 Å². The van der Waals surface area contributed by atoms with Crippen molar-refractivity contribution in [2.24, 2.45) is 11.1 Å². The van der Waals surface area contributed by atoms with E-state index in [1.807, 2.05) is 0 Å². The van der Waals surface area contributed by atoms with E-state index in [4.69, 9.17) is 5.73 Å². The van der Waals surface area contributed by atoms with Crippen molar-refractivity contribution in [3.63, 3.8) is 0 Å². The minimum absolute atomic E-state index is 0.300. The van der Waals surface area contributed by atoms with E-state index in [2.05, 4.69) is 32.9 Å². The van der Waals surface area contributed by atoms with Crippen molar-refractivity contribution >= 4 is 17.1 Å². The SMILES string of the molecule is CCc1ccc(CC(=O)C(CC)(CC)CN)s1. The van der Waals surface area contributed by atoms with Crippen molar-refractivity contribution in [3.8, 4) is 0 Å². The van der Waals surface area contributed by atoms with Gasteiger partial charge in [0.05, 0.1) is 0 Å². The molecule has 0 aliphatic carbocycles. The highest BCUT2D eigenvalue weighted by Crippen LogP contribution is 2.29. The van der Waals surface area contributed by atoms with Gasteiger partial charge in [0.1, 0.15) is 5.78 Å². The van der Waals surface area contributed by atoms with Crippen molar-refractivity contribution in [1.82, 2.24) is 0 Å². The van der Waals surface area contributed by atoms with Gasteiger partial charge in [-0.15, -0.1) is 11.3 Å². The zero-order valence-electron chi connectivity index (χ0n) is 11.1. The molecule has 0 bridgehead atoms. The molecule has 96 valence electrons.